The summed E-state index contributed by atoms with van der Waals surface area (Å²) >= 11 is 0. The van der Waals surface area contributed by atoms with Gasteiger partial charge in [0, 0.05) is 12.7 Å². The molecule has 0 atom stereocenters. The van der Waals surface area contributed by atoms with E-state index in [0.29, 0.717) is 24.5 Å². The number of hydrogen-bond acceptors (Lipinski definition) is 4. The average Bonchev–Trinajstić information content (AvgIpc) is 2.67. The highest BCUT2D eigenvalue weighted by molar-refractivity contribution is 5.98. The van der Waals surface area contributed by atoms with Crippen molar-refractivity contribution in [3.8, 4) is 5.75 Å². The van der Waals surface area contributed by atoms with E-state index >= 15 is 0 Å². The maximum atomic E-state index is 12.9. The second kappa shape index (κ2) is 8.11. The number of pyridine rings is 1. The molecule has 1 amide bonds. The van der Waals surface area contributed by atoms with Gasteiger partial charge in [0.05, 0.1) is 5.56 Å². The number of carbonyl (C=O) groups is 1. The number of carbonyl (C=O) groups excluding carboxylic acids is 1. The number of aromatic nitrogens is 1. The summed E-state index contributed by atoms with van der Waals surface area (Å²) in [7, 11) is 0. The predicted octanol–water partition coefficient (Wildman–Crippen LogP) is 3.31. The summed E-state index contributed by atoms with van der Waals surface area (Å²) in [5, 5.41) is 2.81. The SMILES string of the molecule is Nc1ncccc1C(=O)NCc1ccc(COc2ccc(F)cc2)cc1. The van der Waals surface area contributed by atoms with E-state index in [2.05, 4.69) is 10.3 Å². The van der Waals surface area contributed by atoms with E-state index in [4.69, 9.17) is 10.5 Å². The lowest BCUT2D eigenvalue weighted by atomic mass is 10.1. The van der Waals surface area contributed by atoms with E-state index in [1.807, 2.05) is 24.3 Å². The Morgan fingerprint density at radius 1 is 1.04 bits per heavy atom. The van der Waals surface area contributed by atoms with Gasteiger partial charge >= 0.3 is 0 Å². The van der Waals surface area contributed by atoms with E-state index in [9.17, 15) is 9.18 Å². The first kappa shape index (κ1) is 17.4. The normalized spacial score (nSPS) is 10.3. The third-order valence-corrected chi connectivity index (χ3v) is 3.78. The van der Waals surface area contributed by atoms with Crippen LogP contribution >= 0.6 is 0 Å². The summed E-state index contributed by atoms with van der Waals surface area (Å²) in [6.07, 6.45) is 1.54. The summed E-state index contributed by atoms with van der Waals surface area (Å²) in [6.45, 7) is 0.761. The van der Waals surface area contributed by atoms with Crippen molar-refractivity contribution in [3.63, 3.8) is 0 Å². The van der Waals surface area contributed by atoms with Crippen LogP contribution in [0.25, 0.3) is 0 Å². The minimum atomic E-state index is -0.295. The maximum absolute atomic E-state index is 12.9. The molecule has 1 aromatic heterocycles. The summed E-state index contributed by atoms with van der Waals surface area (Å²) in [4.78, 5) is 16.0. The standard InChI is InChI=1S/C20H18FN3O2/c21-16-7-9-17(10-8-16)26-13-15-5-3-14(4-6-15)12-24-20(25)18-2-1-11-23-19(18)22/h1-11H,12-13H2,(H2,22,23)(H,24,25). The van der Waals surface area contributed by atoms with Crippen molar-refractivity contribution in [3.05, 3.63) is 89.4 Å². The van der Waals surface area contributed by atoms with E-state index in [1.54, 1.807) is 30.5 Å². The van der Waals surface area contributed by atoms with Gasteiger partial charge in [-0.15, -0.1) is 0 Å². The summed E-state index contributed by atoms with van der Waals surface area (Å²) in [6, 6.07) is 16.9. The van der Waals surface area contributed by atoms with Gasteiger partial charge in [0.1, 0.15) is 24.0 Å². The van der Waals surface area contributed by atoms with E-state index < -0.39 is 0 Å². The highest BCUT2D eigenvalue weighted by Gasteiger charge is 2.09. The lowest BCUT2D eigenvalue weighted by molar-refractivity contribution is 0.0951. The fourth-order valence-electron chi connectivity index (χ4n) is 2.34. The molecule has 132 valence electrons. The van der Waals surface area contributed by atoms with Gasteiger partial charge in [0.2, 0.25) is 0 Å². The molecule has 26 heavy (non-hydrogen) atoms. The second-order valence-electron chi connectivity index (χ2n) is 5.68. The first-order valence-electron chi connectivity index (χ1n) is 8.07. The zero-order valence-electron chi connectivity index (χ0n) is 14.0. The molecule has 0 aliphatic rings. The predicted molar refractivity (Wildman–Crippen MR) is 97.0 cm³/mol. The first-order valence-corrected chi connectivity index (χ1v) is 8.07. The number of ether oxygens (including phenoxy) is 1. The Hall–Kier alpha value is -3.41. The van der Waals surface area contributed by atoms with Gasteiger partial charge < -0.3 is 15.8 Å². The van der Waals surface area contributed by atoms with Gasteiger partial charge in [0.15, 0.2) is 0 Å². The molecule has 0 fully saturated rings. The Morgan fingerprint density at radius 3 is 2.42 bits per heavy atom. The molecular weight excluding hydrogens is 333 g/mol. The lowest BCUT2D eigenvalue weighted by Crippen LogP contribution is -2.24. The molecule has 2 aromatic carbocycles. The topological polar surface area (TPSA) is 77.2 Å². The van der Waals surface area contributed by atoms with Gasteiger partial charge in [-0.1, -0.05) is 24.3 Å². The van der Waals surface area contributed by atoms with Crippen molar-refractivity contribution in [2.45, 2.75) is 13.2 Å². The minimum absolute atomic E-state index is 0.207. The Balaban J connectivity index is 1.52. The molecule has 0 aliphatic carbocycles. The van der Waals surface area contributed by atoms with Gasteiger partial charge in [-0.25, -0.2) is 9.37 Å². The van der Waals surface area contributed by atoms with Crippen molar-refractivity contribution in [1.82, 2.24) is 10.3 Å². The third kappa shape index (κ3) is 4.57. The molecule has 6 heteroatoms. The average molecular weight is 351 g/mol. The zero-order chi connectivity index (χ0) is 18.4. The number of benzene rings is 2. The van der Waals surface area contributed by atoms with Gasteiger partial charge in [-0.3, -0.25) is 4.79 Å². The summed E-state index contributed by atoms with van der Waals surface area (Å²) in [5.74, 6) is 0.256. The van der Waals surface area contributed by atoms with Crippen molar-refractivity contribution in [2.24, 2.45) is 0 Å². The Kier molecular flexibility index (Phi) is 5.43. The van der Waals surface area contributed by atoms with Gasteiger partial charge in [-0.05, 0) is 47.5 Å². The molecule has 0 unspecified atom stereocenters. The van der Waals surface area contributed by atoms with Crippen LogP contribution in [0, 0.1) is 5.82 Å². The smallest absolute Gasteiger partial charge is 0.255 e. The number of hydrogen-bond donors (Lipinski definition) is 2. The molecular formula is C20H18FN3O2. The van der Waals surface area contributed by atoms with Crippen molar-refractivity contribution >= 4 is 11.7 Å². The van der Waals surface area contributed by atoms with Crippen LogP contribution in [0.2, 0.25) is 0 Å². The van der Waals surface area contributed by atoms with Crippen LogP contribution in [0.1, 0.15) is 21.5 Å². The van der Waals surface area contributed by atoms with Crippen LogP contribution in [0.4, 0.5) is 10.2 Å². The van der Waals surface area contributed by atoms with Crippen LogP contribution in [0.5, 0.6) is 5.75 Å². The number of nitrogens with one attached hydrogen (secondary N) is 1. The van der Waals surface area contributed by atoms with Crippen molar-refractivity contribution in [1.29, 1.82) is 0 Å². The van der Waals surface area contributed by atoms with Gasteiger partial charge in [-0.2, -0.15) is 0 Å². The fourth-order valence-corrected chi connectivity index (χ4v) is 2.34. The lowest BCUT2D eigenvalue weighted by Gasteiger charge is -2.09. The van der Waals surface area contributed by atoms with E-state index in [0.717, 1.165) is 11.1 Å². The van der Waals surface area contributed by atoms with Crippen molar-refractivity contribution < 1.29 is 13.9 Å². The minimum Gasteiger partial charge on any atom is -0.489 e. The van der Waals surface area contributed by atoms with Crippen LogP contribution in [-0.2, 0) is 13.2 Å². The largest absolute Gasteiger partial charge is 0.489 e. The zero-order valence-corrected chi connectivity index (χ0v) is 14.0. The highest BCUT2D eigenvalue weighted by atomic mass is 19.1. The number of nitrogens with zero attached hydrogens (tertiary/aromatic N) is 1. The Labute approximate surface area is 150 Å². The Morgan fingerprint density at radius 2 is 1.73 bits per heavy atom. The number of nitrogens with two attached hydrogens (primary N) is 1. The molecule has 0 saturated heterocycles. The summed E-state index contributed by atoms with van der Waals surface area (Å²) < 4.78 is 18.5. The molecule has 0 spiro atoms. The molecule has 0 bridgehead atoms. The van der Waals surface area contributed by atoms with Gasteiger partial charge in [0.25, 0.3) is 5.91 Å². The van der Waals surface area contributed by atoms with Crippen LogP contribution < -0.4 is 15.8 Å². The monoisotopic (exact) mass is 351 g/mol. The first-order chi connectivity index (χ1) is 12.6. The number of anilines is 1. The maximum Gasteiger partial charge on any atom is 0.255 e. The Bertz CT molecular complexity index is 880. The number of rotatable bonds is 6. The fraction of sp³-hybridized carbons (Fsp3) is 0.100. The quantitative estimate of drug-likeness (QED) is 0.714. The molecule has 3 N–H and O–H groups in total. The van der Waals surface area contributed by atoms with Crippen LogP contribution in [-0.4, -0.2) is 10.9 Å². The number of amides is 1. The summed E-state index contributed by atoms with van der Waals surface area (Å²) in [5.41, 5.74) is 7.97. The number of nitrogen functional groups attached to an aromatic ring is 1. The van der Waals surface area contributed by atoms with Crippen LogP contribution in [0.15, 0.2) is 66.9 Å². The third-order valence-electron chi connectivity index (χ3n) is 3.78. The molecule has 0 saturated carbocycles. The molecule has 3 rings (SSSR count). The van der Waals surface area contributed by atoms with E-state index in [-0.39, 0.29) is 17.5 Å². The second-order valence-corrected chi connectivity index (χ2v) is 5.68. The molecule has 1 heterocycles. The molecule has 5 nitrogen and oxygen atoms in total. The van der Waals surface area contributed by atoms with Crippen molar-refractivity contribution in [2.75, 3.05) is 5.73 Å². The molecule has 0 aliphatic heterocycles. The highest BCUT2D eigenvalue weighted by Crippen LogP contribution is 2.14. The number of halogens is 1. The molecule has 0 radical (unpaired) electrons. The van der Waals surface area contributed by atoms with E-state index in [1.165, 1.54) is 12.1 Å². The van der Waals surface area contributed by atoms with Crippen LogP contribution in [0.3, 0.4) is 0 Å². The molecule has 3 aromatic rings.